The van der Waals surface area contributed by atoms with Gasteiger partial charge < -0.3 is 10.3 Å². The Morgan fingerprint density at radius 2 is 2.00 bits per heavy atom. The third-order valence-electron chi connectivity index (χ3n) is 3.99. The number of aromatic nitrogens is 2. The van der Waals surface area contributed by atoms with Gasteiger partial charge in [0.15, 0.2) is 0 Å². The number of fused-ring (bicyclic) bond motifs is 1. The molecule has 1 aliphatic carbocycles. The number of benzene rings is 1. The highest BCUT2D eigenvalue weighted by molar-refractivity contribution is 5.77. The largest absolute Gasteiger partial charge is 0.388 e. The second-order valence-electron chi connectivity index (χ2n) is 5.41. The van der Waals surface area contributed by atoms with Gasteiger partial charge in [-0.3, -0.25) is 5.41 Å². The second-order valence-corrected chi connectivity index (χ2v) is 5.41. The number of rotatable bonds is 4. The number of nitrogens with zero attached hydrogens (tertiary/aromatic N) is 2. The van der Waals surface area contributed by atoms with Crippen LogP contribution < -0.4 is 5.73 Å². The SMILES string of the molecule is N=C(N)CC(c1ccccc1)n1cnc2c1CCCC2. The highest BCUT2D eigenvalue weighted by atomic mass is 15.1. The lowest BCUT2D eigenvalue weighted by Crippen LogP contribution is -2.21. The quantitative estimate of drug-likeness (QED) is 0.661. The van der Waals surface area contributed by atoms with Crippen molar-refractivity contribution in [1.82, 2.24) is 9.55 Å². The van der Waals surface area contributed by atoms with Crippen LogP contribution in [0.25, 0.3) is 0 Å². The molecule has 0 fully saturated rings. The molecule has 1 unspecified atom stereocenters. The van der Waals surface area contributed by atoms with Crippen molar-refractivity contribution in [3.05, 3.63) is 53.6 Å². The molecule has 104 valence electrons. The van der Waals surface area contributed by atoms with Crippen LogP contribution in [0.5, 0.6) is 0 Å². The van der Waals surface area contributed by atoms with E-state index in [1.165, 1.54) is 29.8 Å². The summed E-state index contributed by atoms with van der Waals surface area (Å²) in [7, 11) is 0. The van der Waals surface area contributed by atoms with Gasteiger partial charge in [0, 0.05) is 12.1 Å². The minimum Gasteiger partial charge on any atom is -0.388 e. The summed E-state index contributed by atoms with van der Waals surface area (Å²) in [5, 5.41) is 7.66. The van der Waals surface area contributed by atoms with Crippen LogP contribution in [0.2, 0.25) is 0 Å². The topological polar surface area (TPSA) is 67.7 Å². The Kier molecular flexibility index (Phi) is 3.54. The van der Waals surface area contributed by atoms with Gasteiger partial charge in [0.25, 0.3) is 0 Å². The lowest BCUT2D eigenvalue weighted by atomic mass is 9.98. The van der Waals surface area contributed by atoms with E-state index >= 15 is 0 Å². The van der Waals surface area contributed by atoms with Gasteiger partial charge in [-0.2, -0.15) is 0 Å². The fraction of sp³-hybridized carbons (Fsp3) is 0.375. The minimum atomic E-state index is 0.0862. The van der Waals surface area contributed by atoms with E-state index in [2.05, 4.69) is 21.7 Å². The predicted molar refractivity (Wildman–Crippen MR) is 80.0 cm³/mol. The molecule has 1 aliphatic rings. The molecular weight excluding hydrogens is 248 g/mol. The molecule has 1 aromatic heterocycles. The summed E-state index contributed by atoms with van der Waals surface area (Å²) in [5.74, 6) is 0.220. The maximum absolute atomic E-state index is 7.66. The van der Waals surface area contributed by atoms with E-state index in [1.807, 2.05) is 24.5 Å². The van der Waals surface area contributed by atoms with Crippen LogP contribution in [-0.2, 0) is 12.8 Å². The van der Waals surface area contributed by atoms with Crippen LogP contribution in [0.3, 0.4) is 0 Å². The van der Waals surface area contributed by atoms with Crippen molar-refractivity contribution in [3.8, 4) is 0 Å². The normalized spacial score (nSPS) is 15.6. The molecule has 3 N–H and O–H groups in total. The Balaban J connectivity index is 2.01. The third-order valence-corrected chi connectivity index (χ3v) is 3.99. The molecule has 0 bridgehead atoms. The van der Waals surface area contributed by atoms with Crippen molar-refractivity contribution in [2.24, 2.45) is 5.73 Å². The van der Waals surface area contributed by atoms with Crippen molar-refractivity contribution in [2.45, 2.75) is 38.1 Å². The van der Waals surface area contributed by atoms with Gasteiger partial charge in [0.05, 0.1) is 23.9 Å². The summed E-state index contributed by atoms with van der Waals surface area (Å²) in [6.07, 6.45) is 7.07. The molecule has 3 rings (SSSR count). The first-order chi connectivity index (χ1) is 9.75. The van der Waals surface area contributed by atoms with E-state index in [1.54, 1.807) is 0 Å². The molecule has 1 atom stereocenters. The molecule has 0 saturated carbocycles. The molecule has 1 heterocycles. The molecule has 4 heteroatoms. The first-order valence-electron chi connectivity index (χ1n) is 7.18. The predicted octanol–water partition coefficient (Wildman–Crippen LogP) is 2.68. The van der Waals surface area contributed by atoms with Gasteiger partial charge >= 0.3 is 0 Å². The van der Waals surface area contributed by atoms with E-state index < -0.39 is 0 Å². The van der Waals surface area contributed by atoms with Gasteiger partial charge in [0.1, 0.15) is 0 Å². The average Bonchev–Trinajstić information content (AvgIpc) is 2.89. The van der Waals surface area contributed by atoms with E-state index in [9.17, 15) is 0 Å². The maximum atomic E-state index is 7.66. The van der Waals surface area contributed by atoms with Crippen LogP contribution in [0.15, 0.2) is 36.7 Å². The first kappa shape index (κ1) is 12.9. The number of hydrogen-bond acceptors (Lipinski definition) is 2. The van der Waals surface area contributed by atoms with Crippen LogP contribution in [0.4, 0.5) is 0 Å². The van der Waals surface area contributed by atoms with E-state index in [0.717, 1.165) is 12.8 Å². The van der Waals surface area contributed by atoms with E-state index in [0.29, 0.717) is 6.42 Å². The Labute approximate surface area is 119 Å². The number of amidine groups is 1. The Bertz CT molecular complexity index is 600. The van der Waals surface area contributed by atoms with Gasteiger partial charge in [-0.05, 0) is 31.2 Å². The van der Waals surface area contributed by atoms with Crippen molar-refractivity contribution in [2.75, 3.05) is 0 Å². The Morgan fingerprint density at radius 1 is 1.25 bits per heavy atom. The van der Waals surface area contributed by atoms with Gasteiger partial charge in [-0.1, -0.05) is 30.3 Å². The zero-order valence-electron chi connectivity index (χ0n) is 11.5. The van der Waals surface area contributed by atoms with Crippen molar-refractivity contribution < 1.29 is 0 Å². The van der Waals surface area contributed by atoms with Crippen molar-refractivity contribution in [3.63, 3.8) is 0 Å². The summed E-state index contributed by atoms with van der Waals surface area (Å²) in [6.45, 7) is 0. The van der Waals surface area contributed by atoms with Crippen LogP contribution in [0, 0.1) is 5.41 Å². The Hall–Kier alpha value is -2.10. The van der Waals surface area contributed by atoms with Crippen molar-refractivity contribution in [1.29, 1.82) is 5.41 Å². The van der Waals surface area contributed by atoms with Crippen LogP contribution >= 0.6 is 0 Å². The number of hydrogen-bond donors (Lipinski definition) is 2. The van der Waals surface area contributed by atoms with Gasteiger partial charge in [-0.25, -0.2) is 4.98 Å². The van der Waals surface area contributed by atoms with Crippen LogP contribution in [-0.4, -0.2) is 15.4 Å². The van der Waals surface area contributed by atoms with Crippen molar-refractivity contribution >= 4 is 5.84 Å². The minimum absolute atomic E-state index is 0.0862. The van der Waals surface area contributed by atoms with Crippen LogP contribution in [0.1, 0.15) is 42.3 Å². The lowest BCUT2D eigenvalue weighted by Gasteiger charge is -2.23. The maximum Gasteiger partial charge on any atom is 0.0957 e. The molecule has 20 heavy (non-hydrogen) atoms. The summed E-state index contributed by atoms with van der Waals surface area (Å²) in [4.78, 5) is 4.56. The summed E-state index contributed by atoms with van der Waals surface area (Å²) < 4.78 is 2.23. The molecule has 0 spiro atoms. The number of aryl methyl sites for hydroxylation is 1. The number of nitrogens with two attached hydrogens (primary N) is 1. The second kappa shape index (κ2) is 5.49. The molecule has 0 amide bonds. The summed E-state index contributed by atoms with van der Waals surface area (Å²) in [5.41, 5.74) is 9.40. The average molecular weight is 268 g/mol. The summed E-state index contributed by atoms with van der Waals surface area (Å²) >= 11 is 0. The summed E-state index contributed by atoms with van der Waals surface area (Å²) in [6, 6.07) is 10.4. The zero-order chi connectivity index (χ0) is 13.9. The lowest BCUT2D eigenvalue weighted by molar-refractivity contribution is 0.551. The molecule has 0 aliphatic heterocycles. The molecule has 0 saturated heterocycles. The van der Waals surface area contributed by atoms with E-state index in [-0.39, 0.29) is 11.9 Å². The fourth-order valence-corrected chi connectivity index (χ4v) is 3.02. The molecule has 1 aromatic carbocycles. The monoisotopic (exact) mass is 268 g/mol. The fourth-order valence-electron chi connectivity index (χ4n) is 3.02. The third kappa shape index (κ3) is 2.46. The highest BCUT2D eigenvalue weighted by Gasteiger charge is 2.22. The zero-order valence-corrected chi connectivity index (χ0v) is 11.5. The standard InChI is InChI=1S/C16H20N4/c17-16(18)10-15(12-6-2-1-3-7-12)20-11-19-13-8-4-5-9-14(13)20/h1-3,6-7,11,15H,4-5,8-10H2,(H3,17,18). The molecule has 4 nitrogen and oxygen atoms in total. The number of nitrogens with one attached hydrogen (secondary N) is 1. The van der Waals surface area contributed by atoms with E-state index in [4.69, 9.17) is 11.1 Å². The molecular formula is C16H20N4. The molecule has 0 radical (unpaired) electrons. The first-order valence-corrected chi connectivity index (χ1v) is 7.18. The van der Waals surface area contributed by atoms with Gasteiger partial charge in [0.2, 0.25) is 0 Å². The van der Waals surface area contributed by atoms with Gasteiger partial charge in [-0.15, -0.1) is 0 Å². The number of imidazole rings is 1. The Morgan fingerprint density at radius 3 is 2.75 bits per heavy atom. The smallest absolute Gasteiger partial charge is 0.0957 e. The highest BCUT2D eigenvalue weighted by Crippen LogP contribution is 2.28. The molecule has 2 aromatic rings.